The van der Waals surface area contributed by atoms with E-state index in [0.717, 1.165) is 24.9 Å². The summed E-state index contributed by atoms with van der Waals surface area (Å²) in [7, 11) is 1.87. The van der Waals surface area contributed by atoms with Crippen molar-refractivity contribution in [2.75, 3.05) is 19.6 Å². The Morgan fingerprint density at radius 3 is 2.68 bits per heavy atom. The van der Waals surface area contributed by atoms with E-state index in [1.807, 2.05) is 42.5 Å². The quantitative estimate of drug-likeness (QED) is 0.813. The number of hydrogen-bond donors (Lipinski definition) is 2. The number of aromatic nitrogens is 2. The summed E-state index contributed by atoms with van der Waals surface area (Å²) in [5.41, 5.74) is 1.68. The Hall–Kier alpha value is -2.83. The van der Waals surface area contributed by atoms with Gasteiger partial charge in [0.25, 0.3) is 5.91 Å². The summed E-state index contributed by atoms with van der Waals surface area (Å²) in [4.78, 5) is 26.2. The molecule has 1 aromatic carbocycles. The lowest BCUT2D eigenvalue weighted by Gasteiger charge is -2.24. The summed E-state index contributed by atoms with van der Waals surface area (Å²) in [5, 5.41) is 9.88. The molecule has 1 atom stereocenters. The van der Waals surface area contributed by atoms with Gasteiger partial charge in [0, 0.05) is 44.0 Å². The van der Waals surface area contributed by atoms with Crippen LogP contribution >= 0.6 is 0 Å². The van der Waals surface area contributed by atoms with Gasteiger partial charge in [-0.2, -0.15) is 5.10 Å². The minimum Gasteiger partial charge on any atom is -0.350 e. The van der Waals surface area contributed by atoms with E-state index in [1.54, 1.807) is 16.8 Å². The van der Waals surface area contributed by atoms with Crippen molar-refractivity contribution < 1.29 is 9.59 Å². The molecule has 2 heterocycles. The Labute approximate surface area is 147 Å². The van der Waals surface area contributed by atoms with Crippen LogP contribution in [0, 0.1) is 0 Å². The summed E-state index contributed by atoms with van der Waals surface area (Å²) in [6.07, 6.45) is 5.70. The lowest BCUT2D eigenvalue weighted by Crippen LogP contribution is -2.42. The molecule has 2 N–H and O–H groups in total. The molecule has 1 aliphatic heterocycles. The van der Waals surface area contributed by atoms with Gasteiger partial charge in [-0.1, -0.05) is 18.2 Å². The van der Waals surface area contributed by atoms with E-state index in [9.17, 15) is 9.59 Å². The summed E-state index contributed by atoms with van der Waals surface area (Å²) >= 11 is 0. The Kier molecular flexibility index (Phi) is 5.33. The molecule has 2 aromatic rings. The number of benzene rings is 1. The first-order valence-electron chi connectivity index (χ1n) is 8.51. The predicted octanol–water partition coefficient (Wildman–Crippen LogP) is 1.70. The lowest BCUT2D eigenvalue weighted by atomic mass is 10.1. The fraction of sp³-hybridized carbons (Fsp3) is 0.389. The molecular weight excluding hydrogens is 318 g/mol. The zero-order valence-electron chi connectivity index (χ0n) is 14.3. The molecule has 25 heavy (non-hydrogen) atoms. The van der Waals surface area contributed by atoms with E-state index >= 15 is 0 Å². The summed E-state index contributed by atoms with van der Waals surface area (Å²) in [5.74, 6) is -0.135. The molecule has 1 aromatic heterocycles. The van der Waals surface area contributed by atoms with Crippen LogP contribution in [0.4, 0.5) is 4.79 Å². The average molecular weight is 341 g/mol. The van der Waals surface area contributed by atoms with Gasteiger partial charge >= 0.3 is 6.03 Å². The van der Waals surface area contributed by atoms with Gasteiger partial charge in [-0.15, -0.1) is 0 Å². The lowest BCUT2D eigenvalue weighted by molar-refractivity contribution is 0.0953. The number of nitrogens with zero attached hydrogens (tertiary/aromatic N) is 3. The Bertz CT molecular complexity index is 728. The molecule has 0 spiro atoms. The van der Waals surface area contributed by atoms with Gasteiger partial charge in [0.05, 0.1) is 12.2 Å². The highest BCUT2D eigenvalue weighted by Gasteiger charge is 2.30. The molecule has 1 fully saturated rings. The number of carbonyl (C=O) groups excluding carboxylic acids is 2. The molecule has 3 rings (SSSR count). The minimum absolute atomic E-state index is 0.0765. The first-order chi connectivity index (χ1) is 12.1. The van der Waals surface area contributed by atoms with Gasteiger partial charge < -0.3 is 15.5 Å². The van der Waals surface area contributed by atoms with Crippen LogP contribution in [0.25, 0.3) is 0 Å². The van der Waals surface area contributed by atoms with Crippen molar-refractivity contribution in [3.05, 3.63) is 53.9 Å². The second-order valence-electron chi connectivity index (χ2n) is 6.15. The van der Waals surface area contributed by atoms with Crippen LogP contribution in [-0.2, 0) is 7.05 Å². The van der Waals surface area contributed by atoms with Crippen molar-refractivity contribution >= 4 is 11.9 Å². The SMILES string of the molecule is Cn1cc(C2CCCN2C(=O)NCCNC(=O)c2ccccc2)cn1. The fourth-order valence-electron chi connectivity index (χ4n) is 3.11. The van der Waals surface area contributed by atoms with Gasteiger partial charge in [0.2, 0.25) is 0 Å². The first kappa shape index (κ1) is 17.0. The van der Waals surface area contributed by atoms with Crippen molar-refractivity contribution in [1.29, 1.82) is 0 Å². The second-order valence-corrected chi connectivity index (χ2v) is 6.15. The standard InChI is InChI=1S/C18H23N5O2/c1-22-13-15(12-21-22)16-8-5-11-23(16)18(25)20-10-9-19-17(24)14-6-3-2-4-7-14/h2-4,6-7,12-13,16H,5,8-11H2,1H3,(H,19,24)(H,20,25). The average Bonchev–Trinajstić information content (AvgIpc) is 3.27. The fourth-order valence-corrected chi connectivity index (χ4v) is 3.11. The van der Waals surface area contributed by atoms with Gasteiger partial charge in [-0.3, -0.25) is 9.48 Å². The summed E-state index contributed by atoms with van der Waals surface area (Å²) in [6.45, 7) is 1.53. The number of aryl methyl sites for hydroxylation is 1. The molecule has 1 unspecified atom stereocenters. The highest BCUT2D eigenvalue weighted by atomic mass is 16.2. The summed E-state index contributed by atoms with van der Waals surface area (Å²) in [6, 6.07) is 9.01. The van der Waals surface area contributed by atoms with Crippen LogP contribution in [0.3, 0.4) is 0 Å². The Morgan fingerprint density at radius 2 is 1.96 bits per heavy atom. The third-order valence-corrected chi connectivity index (χ3v) is 4.35. The molecule has 7 nitrogen and oxygen atoms in total. The molecule has 132 valence electrons. The van der Waals surface area contributed by atoms with Crippen LogP contribution in [0.1, 0.15) is 34.8 Å². The molecule has 1 saturated heterocycles. The molecule has 3 amide bonds. The van der Waals surface area contributed by atoms with E-state index in [2.05, 4.69) is 15.7 Å². The predicted molar refractivity (Wildman–Crippen MR) is 94.1 cm³/mol. The number of rotatable bonds is 5. The number of urea groups is 1. The van der Waals surface area contributed by atoms with Crippen molar-refractivity contribution in [1.82, 2.24) is 25.3 Å². The Balaban J connectivity index is 1.45. The number of hydrogen-bond acceptors (Lipinski definition) is 3. The van der Waals surface area contributed by atoms with Gasteiger partial charge in [-0.25, -0.2) is 4.79 Å². The third-order valence-electron chi connectivity index (χ3n) is 4.35. The molecule has 0 saturated carbocycles. The number of carbonyl (C=O) groups is 2. The molecule has 0 radical (unpaired) electrons. The normalized spacial score (nSPS) is 16.7. The van der Waals surface area contributed by atoms with Crippen molar-refractivity contribution in [3.63, 3.8) is 0 Å². The zero-order chi connectivity index (χ0) is 17.6. The second kappa shape index (κ2) is 7.83. The highest BCUT2D eigenvalue weighted by molar-refractivity contribution is 5.94. The van der Waals surface area contributed by atoms with E-state index in [0.29, 0.717) is 18.7 Å². The van der Waals surface area contributed by atoms with Crippen LogP contribution in [0.15, 0.2) is 42.7 Å². The van der Waals surface area contributed by atoms with E-state index in [1.165, 1.54) is 0 Å². The number of amides is 3. The molecular formula is C18H23N5O2. The summed E-state index contributed by atoms with van der Waals surface area (Å²) < 4.78 is 1.75. The van der Waals surface area contributed by atoms with Crippen LogP contribution < -0.4 is 10.6 Å². The van der Waals surface area contributed by atoms with Gasteiger partial charge in [0.1, 0.15) is 0 Å². The van der Waals surface area contributed by atoms with E-state index < -0.39 is 0 Å². The third kappa shape index (κ3) is 4.17. The van der Waals surface area contributed by atoms with Gasteiger partial charge in [-0.05, 0) is 25.0 Å². The molecule has 7 heteroatoms. The smallest absolute Gasteiger partial charge is 0.317 e. The molecule has 0 bridgehead atoms. The molecule has 0 aliphatic carbocycles. The number of nitrogens with one attached hydrogen (secondary N) is 2. The van der Waals surface area contributed by atoms with Crippen molar-refractivity contribution in [3.8, 4) is 0 Å². The van der Waals surface area contributed by atoms with Crippen LogP contribution in [0.5, 0.6) is 0 Å². The topological polar surface area (TPSA) is 79.3 Å². The Morgan fingerprint density at radius 1 is 1.20 bits per heavy atom. The zero-order valence-corrected chi connectivity index (χ0v) is 14.3. The van der Waals surface area contributed by atoms with E-state index in [4.69, 9.17) is 0 Å². The van der Waals surface area contributed by atoms with Gasteiger partial charge in [0.15, 0.2) is 0 Å². The monoisotopic (exact) mass is 341 g/mol. The minimum atomic E-state index is -0.135. The maximum Gasteiger partial charge on any atom is 0.317 e. The number of likely N-dealkylation sites (tertiary alicyclic amines) is 1. The maximum atomic E-state index is 12.4. The highest BCUT2D eigenvalue weighted by Crippen LogP contribution is 2.31. The van der Waals surface area contributed by atoms with E-state index in [-0.39, 0.29) is 18.0 Å². The molecule has 1 aliphatic rings. The first-order valence-corrected chi connectivity index (χ1v) is 8.51. The van der Waals surface area contributed by atoms with Crippen molar-refractivity contribution in [2.24, 2.45) is 7.05 Å². The van der Waals surface area contributed by atoms with Crippen LogP contribution in [0.2, 0.25) is 0 Å². The van der Waals surface area contributed by atoms with Crippen LogP contribution in [-0.4, -0.2) is 46.3 Å². The largest absolute Gasteiger partial charge is 0.350 e. The van der Waals surface area contributed by atoms with Crippen molar-refractivity contribution in [2.45, 2.75) is 18.9 Å². The maximum absolute atomic E-state index is 12.4.